The maximum Gasteiger partial charge on any atom is 0.131 e. The Hall–Kier alpha value is -2.27. The third kappa shape index (κ3) is 3.04. The number of aryl methyl sites for hydroxylation is 3. The zero-order chi connectivity index (χ0) is 17.4. The van der Waals surface area contributed by atoms with E-state index in [0.29, 0.717) is 5.69 Å². The Morgan fingerprint density at radius 3 is 2.84 bits per heavy atom. The minimum Gasteiger partial charge on any atom is -0.343 e. The number of likely N-dealkylation sites (N-methyl/N-ethyl adjacent to an activating group) is 1. The number of alkyl halides is 1. The number of aromatic nitrogens is 3. The first kappa shape index (κ1) is 16.2. The fraction of sp³-hybridized carbons (Fsp3) is 0.400. The molecule has 4 heterocycles. The lowest BCUT2D eigenvalue weighted by Gasteiger charge is -2.24. The lowest BCUT2D eigenvalue weighted by molar-refractivity contribution is 0.309. The van der Waals surface area contributed by atoms with Gasteiger partial charge in [0.05, 0.1) is 16.7 Å². The molecular formula is C20H23FN4. The van der Waals surface area contributed by atoms with Crippen molar-refractivity contribution < 1.29 is 4.39 Å². The van der Waals surface area contributed by atoms with Crippen molar-refractivity contribution in [1.29, 1.82) is 0 Å². The first-order valence-electron chi connectivity index (χ1n) is 8.81. The standard InChI is InChI=1S/C20H23FN4/c1-14-3-6-19-20(23-14)17-13-24(2)9-8-18(17)25(19)10-7-15-4-5-16(11-21)22-12-15/h3-6,12H,7-11,13H2,1-2H3. The summed E-state index contributed by atoms with van der Waals surface area (Å²) >= 11 is 0. The summed E-state index contributed by atoms with van der Waals surface area (Å²) in [7, 11) is 2.17. The van der Waals surface area contributed by atoms with E-state index in [1.165, 1.54) is 16.8 Å². The van der Waals surface area contributed by atoms with E-state index in [2.05, 4.69) is 33.6 Å². The molecule has 3 aromatic rings. The topological polar surface area (TPSA) is 34.0 Å². The number of rotatable bonds is 4. The molecule has 0 aromatic carbocycles. The molecule has 0 fully saturated rings. The molecule has 1 aliphatic rings. The van der Waals surface area contributed by atoms with Crippen LogP contribution in [0.4, 0.5) is 4.39 Å². The Kier molecular flexibility index (Phi) is 4.25. The first-order valence-corrected chi connectivity index (χ1v) is 8.81. The van der Waals surface area contributed by atoms with Crippen LogP contribution >= 0.6 is 0 Å². The molecule has 0 atom stereocenters. The Balaban J connectivity index is 1.68. The third-order valence-electron chi connectivity index (χ3n) is 5.07. The predicted molar refractivity (Wildman–Crippen MR) is 97.3 cm³/mol. The van der Waals surface area contributed by atoms with E-state index in [1.54, 1.807) is 12.3 Å². The van der Waals surface area contributed by atoms with Crippen LogP contribution in [0.15, 0.2) is 30.5 Å². The fourth-order valence-electron chi connectivity index (χ4n) is 3.71. The smallest absolute Gasteiger partial charge is 0.131 e. The van der Waals surface area contributed by atoms with Crippen LogP contribution in [-0.4, -0.2) is 33.0 Å². The highest BCUT2D eigenvalue weighted by Gasteiger charge is 2.23. The van der Waals surface area contributed by atoms with E-state index in [0.717, 1.165) is 49.2 Å². The third-order valence-corrected chi connectivity index (χ3v) is 5.07. The maximum atomic E-state index is 12.6. The summed E-state index contributed by atoms with van der Waals surface area (Å²) in [5.74, 6) is 0. The van der Waals surface area contributed by atoms with Gasteiger partial charge in [0.25, 0.3) is 0 Å². The monoisotopic (exact) mass is 338 g/mol. The Morgan fingerprint density at radius 1 is 1.20 bits per heavy atom. The fourth-order valence-corrected chi connectivity index (χ4v) is 3.71. The van der Waals surface area contributed by atoms with E-state index >= 15 is 0 Å². The van der Waals surface area contributed by atoms with Crippen LogP contribution in [-0.2, 0) is 32.6 Å². The van der Waals surface area contributed by atoms with Gasteiger partial charge in [0, 0.05) is 49.2 Å². The average molecular weight is 338 g/mol. The van der Waals surface area contributed by atoms with Gasteiger partial charge < -0.3 is 9.47 Å². The molecule has 0 saturated carbocycles. The molecule has 1 aliphatic heterocycles. The molecule has 0 amide bonds. The van der Waals surface area contributed by atoms with E-state index in [-0.39, 0.29) is 0 Å². The van der Waals surface area contributed by atoms with Crippen LogP contribution in [0.3, 0.4) is 0 Å². The normalized spacial score (nSPS) is 14.8. The summed E-state index contributed by atoms with van der Waals surface area (Å²) in [5.41, 5.74) is 7.85. The van der Waals surface area contributed by atoms with Crippen molar-refractivity contribution in [2.45, 2.75) is 39.5 Å². The van der Waals surface area contributed by atoms with Gasteiger partial charge in [-0.3, -0.25) is 9.97 Å². The maximum absolute atomic E-state index is 12.6. The molecule has 4 rings (SSSR count). The quantitative estimate of drug-likeness (QED) is 0.731. The van der Waals surface area contributed by atoms with Crippen LogP contribution in [0, 0.1) is 6.92 Å². The number of hydrogen-bond acceptors (Lipinski definition) is 3. The zero-order valence-corrected chi connectivity index (χ0v) is 14.8. The van der Waals surface area contributed by atoms with Crippen LogP contribution in [0.25, 0.3) is 11.0 Å². The van der Waals surface area contributed by atoms with Gasteiger partial charge >= 0.3 is 0 Å². The molecule has 25 heavy (non-hydrogen) atoms. The van der Waals surface area contributed by atoms with Crippen molar-refractivity contribution >= 4 is 11.0 Å². The molecule has 0 spiro atoms. The molecule has 0 saturated heterocycles. The molecule has 0 N–H and O–H groups in total. The molecule has 0 radical (unpaired) electrons. The Labute approximate surface area is 147 Å². The zero-order valence-electron chi connectivity index (χ0n) is 14.8. The summed E-state index contributed by atoms with van der Waals surface area (Å²) in [6, 6.07) is 8.04. The van der Waals surface area contributed by atoms with Crippen LogP contribution in [0.5, 0.6) is 0 Å². The van der Waals surface area contributed by atoms with E-state index in [1.807, 2.05) is 13.0 Å². The Bertz CT molecular complexity index is 898. The predicted octanol–water partition coefficient (Wildman–Crippen LogP) is 3.44. The lowest BCUT2D eigenvalue weighted by atomic mass is 10.1. The van der Waals surface area contributed by atoms with Crippen LogP contribution < -0.4 is 0 Å². The van der Waals surface area contributed by atoms with Gasteiger partial charge in [-0.05, 0) is 44.2 Å². The second-order valence-corrected chi connectivity index (χ2v) is 6.93. The summed E-state index contributed by atoms with van der Waals surface area (Å²) in [4.78, 5) is 11.3. The molecule has 3 aromatic heterocycles. The minimum absolute atomic E-state index is 0.496. The highest BCUT2D eigenvalue weighted by Crippen LogP contribution is 2.29. The molecule has 0 unspecified atom stereocenters. The van der Waals surface area contributed by atoms with Gasteiger partial charge in [0.2, 0.25) is 0 Å². The lowest BCUT2D eigenvalue weighted by Crippen LogP contribution is -2.27. The second-order valence-electron chi connectivity index (χ2n) is 6.93. The molecule has 0 bridgehead atoms. The number of nitrogens with zero attached hydrogens (tertiary/aromatic N) is 4. The second kappa shape index (κ2) is 6.56. The first-order chi connectivity index (χ1) is 12.2. The number of hydrogen-bond donors (Lipinski definition) is 0. The molecule has 130 valence electrons. The van der Waals surface area contributed by atoms with Gasteiger partial charge in [0.1, 0.15) is 6.67 Å². The Morgan fingerprint density at radius 2 is 2.08 bits per heavy atom. The number of fused-ring (bicyclic) bond motifs is 3. The number of halogens is 1. The highest BCUT2D eigenvalue weighted by atomic mass is 19.1. The van der Waals surface area contributed by atoms with Crippen LogP contribution in [0.2, 0.25) is 0 Å². The molecule has 5 heteroatoms. The van der Waals surface area contributed by atoms with E-state index in [9.17, 15) is 4.39 Å². The van der Waals surface area contributed by atoms with Gasteiger partial charge in [-0.1, -0.05) is 6.07 Å². The van der Waals surface area contributed by atoms with E-state index < -0.39 is 6.67 Å². The highest BCUT2D eigenvalue weighted by molar-refractivity contribution is 5.82. The van der Waals surface area contributed by atoms with Crippen molar-refractivity contribution in [3.05, 3.63) is 58.7 Å². The summed E-state index contributed by atoms with van der Waals surface area (Å²) in [6.07, 6.45) is 3.74. The van der Waals surface area contributed by atoms with Crippen LogP contribution in [0.1, 0.15) is 28.2 Å². The molecular weight excluding hydrogens is 315 g/mol. The van der Waals surface area contributed by atoms with Crippen molar-refractivity contribution in [3.8, 4) is 0 Å². The van der Waals surface area contributed by atoms with Crippen molar-refractivity contribution in [3.63, 3.8) is 0 Å². The summed E-state index contributed by atoms with van der Waals surface area (Å²) in [5, 5.41) is 0. The van der Waals surface area contributed by atoms with Gasteiger partial charge in [-0.2, -0.15) is 0 Å². The summed E-state index contributed by atoms with van der Waals surface area (Å²) < 4.78 is 15.0. The largest absolute Gasteiger partial charge is 0.343 e. The number of pyridine rings is 2. The minimum atomic E-state index is -0.505. The summed E-state index contributed by atoms with van der Waals surface area (Å²) in [6.45, 7) is 4.48. The average Bonchev–Trinajstić information content (AvgIpc) is 2.92. The van der Waals surface area contributed by atoms with E-state index in [4.69, 9.17) is 4.98 Å². The van der Waals surface area contributed by atoms with Gasteiger partial charge in [-0.25, -0.2) is 4.39 Å². The van der Waals surface area contributed by atoms with Gasteiger partial charge in [-0.15, -0.1) is 0 Å². The van der Waals surface area contributed by atoms with Crippen molar-refractivity contribution in [2.75, 3.05) is 13.6 Å². The molecule has 4 nitrogen and oxygen atoms in total. The molecule has 0 aliphatic carbocycles. The van der Waals surface area contributed by atoms with Crippen molar-refractivity contribution in [1.82, 2.24) is 19.4 Å². The van der Waals surface area contributed by atoms with Crippen molar-refractivity contribution in [2.24, 2.45) is 0 Å². The SMILES string of the molecule is Cc1ccc2c(n1)c1c(n2CCc2ccc(CF)nc2)CCN(C)C1. The van der Waals surface area contributed by atoms with Gasteiger partial charge in [0.15, 0.2) is 0 Å².